The highest BCUT2D eigenvalue weighted by Crippen LogP contribution is 2.60. The van der Waals surface area contributed by atoms with Crippen LogP contribution in [0.1, 0.15) is 6.42 Å². The molecule has 6 atom stereocenters. The Bertz CT molecular complexity index is 946. The summed E-state index contributed by atoms with van der Waals surface area (Å²) in [6, 6.07) is 5.47. The number of imide groups is 1. The first kappa shape index (κ1) is 16.8. The van der Waals surface area contributed by atoms with Gasteiger partial charge in [0.05, 0.1) is 34.5 Å². The maximum atomic E-state index is 12.8. The molecule has 11 nitrogen and oxygen atoms in total. The van der Waals surface area contributed by atoms with Crippen LogP contribution < -0.4 is 5.01 Å². The van der Waals surface area contributed by atoms with Crippen molar-refractivity contribution in [1.29, 1.82) is 0 Å². The molecule has 2 aliphatic carbocycles. The zero-order valence-electron chi connectivity index (χ0n) is 14.4. The van der Waals surface area contributed by atoms with Crippen LogP contribution in [0.4, 0.5) is 11.4 Å². The van der Waals surface area contributed by atoms with Crippen molar-refractivity contribution >= 4 is 29.2 Å². The lowest BCUT2D eigenvalue weighted by Crippen LogP contribution is -2.47. The van der Waals surface area contributed by atoms with Crippen LogP contribution >= 0.6 is 0 Å². The molecule has 2 saturated carbocycles. The highest BCUT2D eigenvalue weighted by Gasteiger charge is 2.70. The second kappa shape index (κ2) is 5.57. The highest BCUT2D eigenvalue weighted by atomic mass is 16.6. The first-order valence-corrected chi connectivity index (χ1v) is 8.90. The number of anilines is 1. The number of amides is 2. The van der Waals surface area contributed by atoms with E-state index in [1.54, 1.807) is 17.1 Å². The van der Waals surface area contributed by atoms with Crippen molar-refractivity contribution in [2.75, 3.05) is 11.6 Å². The van der Waals surface area contributed by atoms with Crippen molar-refractivity contribution in [3.05, 3.63) is 34.4 Å². The Kier molecular flexibility index (Phi) is 3.33. The number of carbonyl (C=O) groups excluding carboxylic acids is 2. The molecule has 0 unspecified atom stereocenters. The molecule has 2 aliphatic heterocycles. The Morgan fingerprint density at radius 2 is 1.82 bits per heavy atom. The van der Waals surface area contributed by atoms with E-state index in [1.165, 1.54) is 12.1 Å². The summed E-state index contributed by atoms with van der Waals surface area (Å²) in [5.41, 5.74) is 0.593. The van der Waals surface area contributed by atoms with Gasteiger partial charge in [-0.2, -0.15) is 5.11 Å². The smallest absolute Gasteiger partial charge is 0.323 e. The first-order chi connectivity index (χ1) is 13.4. The Morgan fingerprint density at radius 3 is 2.43 bits per heavy atom. The van der Waals surface area contributed by atoms with Gasteiger partial charge < -0.3 is 5.11 Å². The number of hydrogen-bond donors (Lipinski definition) is 1. The molecule has 2 amide bonds. The van der Waals surface area contributed by atoms with Crippen LogP contribution in [0.2, 0.25) is 0 Å². The van der Waals surface area contributed by atoms with Gasteiger partial charge in [-0.1, -0.05) is 5.22 Å². The fourth-order valence-corrected chi connectivity index (χ4v) is 5.39. The number of nitro groups is 1. The molecule has 0 spiro atoms. The fraction of sp³-hybridized carbons (Fsp3) is 0.471. The molecule has 5 rings (SSSR count). The average molecular weight is 385 g/mol. The number of aliphatic carboxylic acids is 1. The van der Waals surface area contributed by atoms with Crippen LogP contribution in [-0.4, -0.2) is 51.3 Å². The number of fused-ring (bicyclic) bond motifs is 8. The lowest BCUT2D eigenvalue weighted by atomic mass is 9.76. The molecule has 1 N–H and O–H groups in total. The van der Waals surface area contributed by atoms with Gasteiger partial charge in [-0.15, -0.1) is 0 Å². The Morgan fingerprint density at radius 1 is 1.18 bits per heavy atom. The van der Waals surface area contributed by atoms with Gasteiger partial charge in [0.15, 0.2) is 0 Å². The van der Waals surface area contributed by atoms with E-state index in [0.29, 0.717) is 12.1 Å². The van der Waals surface area contributed by atoms with E-state index in [0.717, 1.165) is 4.90 Å². The van der Waals surface area contributed by atoms with Crippen molar-refractivity contribution in [3.63, 3.8) is 0 Å². The van der Waals surface area contributed by atoms with Crippen LogP contribution in [0.5, 0.6) is 0 Å². The van der Waals surface area contributed by atoms with Crippen molar-refractivity contribution in [2.24, 2.45) is 34.0 Å². The number of carboxylic acids is 1. The highest BCUT2D eigenvalue weighted by molar-refractivity contribution is 6.08. The quantitative estimate of drug-likeness (QED) is 0.459. The Labute approximate surface area is 157 Å². The van der Waals surface area contributed by atoms with E-state index < -0.39 is 41.1 Å². The summed E-state index contributed by atoms with van der Waals surface area (Å²) in [7, 11) is 0. The third kappa shape index (κ3) is 2.06. The number of rotatable bonds is 4. The number of likely N-dealkylation sites (tertiary alicyclic amines) is 1. The number of hydrogen-bond acceptors (Lipinski definition) is 8. The van der Waals surface area contributed by atoms with Crippen LogP contribution in [0.15, 0.2) is 34.6 Å². The van der Waals surface area contributed by atoms with Crippen LogP contribution in [-0.2, 0) is 14.4 Å². The molecular formula is C17H15N5O6. The Hall–Kier alpha value is -3.37. The number of non-ortho nitro benzene ring substituents is 1. The van der Waals surface area contributed by atoms with Gasteiger partial charge in [-0.05, 0) is 30.4 Å². The molecule has 2 heterocycles. The minimum atomic E-state index is -1.22. The summed E-state index contributed by atoms with van der Waals surface area (Å²) in [5.74, 6) is -3.48. The van der Waals surface area contributed by atoms with Crippen molar-refractivity contribution in [1.82, 2.24) is 4.90 Å². The van der Waals surface area contributed by atoms with Crippen molar-refractivity contribution in [3.8, 4) is 0 Å². The van der Waals surface area contributed by atoms with E-state index >= 15 is 0 Å². The maximum Gasteiger partial charge on any atom is 0.323 e. The SMILES string of the molecule is O=C(O)CN1C(=O)[C@@H]2[C@H]3C[C@@H]([C@@H]4N=NN(c5ccc([N+](=O)[O-])cc5)[C@H]34)[C@H]2C1=O. The first-order valence-electron chi connectivity index (χ1n) is 8.90. The molecule has 3 fully saturated rings. The van der Waals surface area contributed by atoms with Crippen LogP contribution in [0.25, 0.3) is 0 Å². The summed E-state index contributed by atoms with van der Waals surface area (Å²) in [6.45, 7) is -0.618. The zero-order chi connectivity index (χ0) is 19.7. The second-order valence-electron chi connectivity index (χ2n) is 7.58. The molecule has 4 aliphatic rings. The van der Waals surface area contributed by atoms with Gasteiger partial charge in [0.1, 0.15) is 6.54 Å². The van der Waals surface area contributed by atoms with Gasteiger partial charge in [0, 0.05) is 12.1 Å². The average Bonchev–Trinajstić information content (AvgIpc) is 3.38. The summed E-state index contributed by atoms with van der Waals surface area (Å²) < 4.78 is 0. The third-order valence-electron chi connectivity index (χ3n) is 6.37. The van der Waals surface area contributed by atoms with Crippen LogP contribution in [0, 0.1) is 33.8 Å². The number of nitrogens with zero attached hydrogens (tertiary/aromatic N) is 5. The summed E-state index contributed by atoms with van der Waals surface area (Å²) in [4.78, 5) is 47.7. The van der Waals surface area contributed by atoms with E-state index in [1.807, 2.05) is 0 Å². The van der Waals surface area contributed by atoms with Crippen LogP contribution in [0.3, 0.4) is 0 Å². The normalized spacial score (nSPS) is 34.9. The minimum absolute atomic E-state index is 0.0367. The minimum Gasteiger partial charge on any atom is -0.480 e. The van der Waals surface area contributed by atoms with Gasteiger partial charge >= 0.3 is 5.97 Å². The predicted octanol–water partition coefficient (Wildman–Crippen LogP) is 0.855. The van der Waals surface area contributed by atoms with Crippen molar-refractivity contribution in [2.45, 2.75) is 18.5 Å². The molecule has 0 aromatic heterocycles. The molecule has 1 aromatic carbocycles. The monoisotopic (exact) mass is 385 g/mol. The van der Waals surface area contributed by atoms with E-state index in [2.05, 4.69) is 10.3 Å². The third-order valence-corrected chi connectivity index (χ3v) is 6.37. The molecular weight excluding hydrogens is 370 g/mol. The van der Waals surface area contributed by atoms with Gasteiger partial charge in [0.2, 0.25) is 11.8 Å². The molecule has 11 heteroatoms. The molecule has 28 heavy (non-hydrogen) atoms. The zero-order valence-corrected chi connectivity index (χ0v) is 14.4. The molecule has 2 bridgehead atoms. The van der Waals surface area contributed by atoms with Gasteiger partial charge in [0.25, 0.3) is 5.69 Å². The Balaban J connectivity index is 1.44. The second-order valence-corrected chi connectivity index (χ2v) is 7.58. The topological polar surface area (TPSA) is 146 Å². The molecule has 144 valence electrons. The summed E-state index contributed by atoms with van der Waals surface area (Å²) >= 11 is 0. The summed E-state index contributed by atoms with van der Waals surface area (Å²) in [5, 5.41) is 30.1. The lowest BCUT2D eigenvalue weighted by Gasteiger charge is -2.33. The summed E-state index contributed by atoms with van der Waals surface area (Å²) in [6.07, 6.45) is 0.658. The molecule has 1 aromatic rings. The van der Waals surface area contributed by atoms with E-state index in [4.69, 9.17) is 5.11 Å². The fourth-order valence-electron chi connectivity index (χ4n) is 5.39. The van der Waals surface area contributed by atoms with E-state index in [9.17, 15) is 24.5 Å². The standard InChI is InChI=1S/C17H15N5O6/c23-11(24)6-20-16(25)12-9-5-10(13(12)17(20)26)15-14(9)18-19-21(15)7-1-3-8(4-2-7)22(27)28/h1-4,9-10,12-15H,5-6H2,(H,23,24)/t9-,10-,12-,13-,14+,15-/m1/s1. The lowest BCUT2D eigenvalue weighted by molar-refractivity contribution is -0.384. The van der Waals surface area contributed by atoms with E-state index in [-0.39, 0.29) is 29.6 Å². The number of nitro benzene ring substituents is 1. The molecule has 1 saturated heterocycles. The molecule has 0 radical (unpaired) electrons. The number of benzene rings is 1. The number of carboxylic acid groups (broad SMARTS) is 1. The predicted molar refractivity (Wildman–Crippen MR) is 90.9 cm³/mol. The van der Waals surface area contributed by atoms with Gasteiger partial charge in [-0.25, -0.2) is 5.01 Å². The van der Waals surface area contributed by atoms with Crippen molar-refractivity contribution < 1.29 is 24.4 Å². The number of carbonyl (C=O) groups is 3. The largest absolute Gasteiger partial charge is 0.480 e. The van der Waals surface area contributed by atoms with Gasteiger partial charge in [-0.3, -0.25) is 29.4 Å². The maximum absolute atomic E-state index is 12.8.